The Hall–Kier alpha value is -2.74. The molecule has 0 amide bonds. The number of nitrogens with zero attached hydrogens (tertiary/aromatic N) is 2. The molecule has 0 saturated heterocycles. The second-order valence-corrected chi connectivity index (χ2v) is 4.14. The molecule has 0 saturated carbocycles. The number of benzene rings is 1. The topological polar surface area (TPSA) is 73.3 Å². The van der Waals surface area contributed by atoms with Gasteiger partial charge in [0, 0.05) is 6.54 Å². The van der Waals surface area contributed by atoms with E-state index < -0.39 is 0 Å². The Balaban J connectivity index is 1.83. The molecule has 20 heavy (non-hydrogen) atoms. The van der Waals surface area contributed by atoms with Gasteiger partial charge in [-0.2, -0.15) is 5.26 Å². The summed E-state index contributed by atoms with van der Waals surface area (Å²) in [5.74, 6) is 1.21. The van der Waals surface area contributed by atoms with Crippen molar-refractivity contribution in [1.29, 1.82) is 5.26 Å². The third-order valence-corrected chi connectivity index (χ3v) is 2.70. The molecule has 0 spiro atoms. The van der Waals surface area contributed by atoms with Crippen LogP contribution in [0.2, 0.25) is 0 Å². The number of furan rings is 1. The lowest BCUT2D eigenvalue weighted by molar-refractivity contribution is 0.512. The number of nitrogens with one attached hydrogen (secondary N) is 2. The molecule has 102 valence electrons. The van der Waals surface area contributed by atoms with Gasteiger partial charge in [0.15, 0.2) is 6.19 Å². The van der Waals surface area contributed by atoms with Gasteiger partial charge in [-0.15, -0.1) is 0 Å². The van der Waals surface area contributed by atoms with Gasteiger partial charge in [-0.3, -0.25) is 5.32 Å². The first-order valence-corrected chi connectivity index (χ1v) is 6.38. The smallest absolute Gasteiger partial charge is 0.205 e. The molecule has 0 fully saturated rings. The molecule has 2 N–H and O–H groups in total. The molecule has 2 aromatic rings. The average molecular weight is 268 g/mol. The van der Waals surface area contributed by atoms with Crippen LogP contribution in [-0.2, 0) is 13.0 Å². The third-order valence-electron chi connectivity index (χ3n) is 2.70. The maximum absolute atomic E-state index is 8.70. The second-order valence-electron chi connectivity index (χ2n) is 4.14. The first-order valence-electron chi connectivity index (χ1n) is 6.38. The van der Waals surface area contributed by atoms with Crippen LogP contribution in [0.3, 0.4) is 0 Å². The van der Waals surface area contributed by atoms with E-state index in [1.54, 1.807) is 6.26 Å². The molecule has 0 aliphatic rings. The lowest BCUT2D eigenvalue weighted by atomic mass is 10.1. The van der Waals surface area contributed by atoms with Crippen LogP contribution in [0.4, 0.5) is 0 Å². The van der Waals surface area contributed by atoms with Crippen molar-refractivity contribution in [2.45, 2.75) is 13.0 Å². The molecular formula is C15H16N4O. The number of hydrogen-bond acceptors (Lipinski definition) is 3. The highest BCUT2D eigenvalue weighted by Gasteiger charge is 1.99. The maximum Gasteiger partial charge on any atom is 0.205 e. The highest BCUT2D eigenvalue weighted by molar-refractivity contribution is 5.81. The molecule has 0 aliphatic carbocycles. The first kappa shape index (κ1) is 13.7. The molecule has 1 heterocycles. The molecule has 0 aliphatic heterocycles. The van der Waals surface area contributed by atoms with Crippen LogP contribution in [-0.4, -0.2) is 12.5 Å². The van der Waals surface area contributed by atoms with Crippen LogP contribution < -0.4 is 10.6 Å². The van der Waals surface area contributed by atoms with Crippen molar-refractivity contribution in [3.63, 3.8) is 0 Å². The van der Waals surface area contributed by atoms with Crippen LogP contribution in [0, 0.1) is 11.5 Å². The Morgan fingerprint density at radius 3 is 2.75 bits per heavy atom. The maximum atomic E-state index is 8.70. The van der Waals surface area contributed by atoms with E-state index in [4.69, 9.17) is 9.68 Å². The van der Waals surface area contributed by atoms with E-state index in [-0.39, 0.29) is 0 Å². The fourth-order valence-electron chi connectivity index (χ4n) is 1.72. The number of rotatable bonds is 5. The summed E-state index contributed by atoms with van der Waals surface area (Å²) in [5, 5.41) is 14.3. The van der Waals surface area contributed by atoms with E-state index in [0.29, 0.717) is 19.0 Å². The molecule has 0 bridgehead atoms. The Morgan fingerprint density at radius 2 is 2.05 bits per heavy atom. The normalized spacial score (nSPS) is 10.8. The van der Waals surface area contributed by atoms with Crippen LogP contribution in [0.25, 0.3) is 0 Å². The molecule has 2 rings (SSSR count). The minimum absolute atomic E-state index is 0.398. The summed E-state index contributed by atoms with van der Waals surface area (Å²) < 4.78 is 5.19. The fourth-order valence-corrected chi connectivity index (χ4v) is 1.72. The molecule has 0 radical (unpaired) electrons. The van der Waals surface area contributed by atoms with Crippen LogP contribution >= 0.6 is 0 Å². The van der Waals surface area contributed by atoms with E-state index >= 15 is 0 Å². The predicted octanol–water partition coefficient (Wildman–Crippen LogP) is 2.04. The van der Waals surface area contributed by atoms with E-state index in [2.05, 4.69) is 27.8 Å². The summed E-state index contributed by atoms with van der Waals surface area (Å²) in [4.78, 5) is 4.27. The number of aliphatic imine (C=N–C) groups is 1. The van der Waals surface area contributed by atoms with Crippen molar-refractivity contribution < 1.29 is 4.42 Å². The van der Waals surface area contributed by atoms with Crippen LogP contribution in [0.1, 0.15) is 11.3 Å². The zero-order valence-corrected chi connectivity index (χ0v) is 11.0. The van der Waals surface area contributed by atoms with Gasteiger partial charge in [0.2, 0.25) is 5.96 Å². The van der Waals surface area contributed by atoms with Gasteiger partial charge in [0.25, 0.3) is 0 Å². The van der Waals surface area contributed by atoms with Crippen LogP contribution in [0.5, 0.6) is 0 Å². The van der Waals surface area contributed by atoms with E-state index in [1.807, 2.05) is 36.5 Å². The van der Waals surface area contributed by atoms with Gasteiger partial charge in [-0.1, -0.05) is 30.3 Å². The monoisotopic (exact) mass is 268 g/mol. The van der Waals surface area contributed by atoms with E-state index in [0.717, 1.165) is 12.2 Å². The lowest BCUT2D eigenvalue weighted by Crippen LogP contribution is -2.35. The van der Waals surface area contributed by atoms with Crippen LogP contribution in [0.15, 0.2) is 58.1 Å². The summed E-state index contributed by atoms with van der Waals surface area (Å²) in [7, 11) is 0. The Morgan fingerprint density at radius 1 is 1.20 bits per heavy atom. The Bertz CT molecular complexity index is 570. The van der Waals surface area contributed by atoms with E-state index in [9.17, 15) is 0 Å². The van der Waals surface area contributed by atoms with Gasteiger partial charge in [-0.25, -0.2) is 4.99 Å². The van der Waals surface area contributed by atoms with Gasteiger partial charge in [-0.05, 0) is 24.1 Å². The number of nitriles is 1. The first-order chi connectivity index (χ1) is 9.88. The summed E-state index contributed by atoms with van der Waals surface area (Å²) in [5.41, 5.74) is 1.24. The molecule has 1 aromatic carbocycles. The lowest BCUT2D eigenvalue weighted by Gasteiger charge is -2.07. The number of guanidine groups is 1. The summed E-state index contributed by atoms with van der Waals surface area (Å²) in [6.45, 7) is 1.10. The molecular weight excluding hydrogens is 252 g/mol. The van der Waals surface area contributed by atoms with Crippen molar-refractivity contribution in [3.8, 4) is 6.19 Å². The predicted molar refractivity (Wildman–Crippen MR) is 76.7 cm³/mol. The number of hydrogen-bond donors (Lipinski definition) is 2. The standard InChI is InChI=1S/C15H16N4O/c16-12-19-15(18-11-14-7-4-10-20-14)17-9-8-13-5-2-1-3-6-13/h1-7,10H,8-9,11H2,(H2,17,18,19). The molecule has 0 atom stereocenters. The second kappa shape index (κ2) is 7.64. The highest BCUT2D eigenvalue weighted by atomic mass is 16.3. The van der Waals surface area contributed by atoms with Crippen molar-refractivity contribution in [2.75, 3.05) is 6.54 Å². The zero-order valence-electron chi connectivity index (χ0n) is 11.0. The average Bonchev–Trinajstić information content (AvgIpc) is 2.99. The third kappa shape index (κ3) is 4.50. The largest absolute Gasteiger partial charge is 0.467 e. The Kier molecular flexibility index (Phi) is 5.23. The van der Waals surface area contributed by atoms with E-state index in [1.165, 1.54) is 5.56 Å². The quantitative estimate of drug-likeness (QED) is 0.377. The molecule has 5 nitrogen and oxygen atoms in total. The van der Waals surface area contributed by atoms with Crippen molar-refractivity contribution >= 4 is 5.96 Å². The SMILES string of the molecule is N#CNC(=NCc1ccco1)NCCc1ccccc1. The minimum Gasteiger partial charge on any atom is -0.467 e. The van der Waals surface area contributed by atoms with Gasteiger partial charge in [0.1, 0.15) is 12.3 Å². The van der Waals surface area contributed by atoms with Gasteiger partial charge >= 0.3 is 0 Å². The zero-order chi connectivity index (χ0) is 14.0. The summed E-state index contributed by atoms with van der Waals surface area (Å²) >= 11 is 0. The molecule has 1 aromatic heterocycles. The fraction of sp³-hybridized carbons (Fsp3) is 0.200. The highest BCUT2D eigenvalue weighted by Crippen LogP contribution is 2.01. The van der Waals surface area contributed by atoms with Gasteiger partial charge < -0.3 is 9.73 Å². The van der Waals surface area contributed by atoms with Crippen molar-refractivity contribution in [2.24, 2.45) is 4.99 Å². The van der Waals surface area contributed by atoms with Crippen molar-refractivity contribution in [1.82, 2.24) is 10.6 Å². The summed E-state index contributed by atoms with van der Waals surface area (Å²) in [6, 6.07) is 13.8. The minimum atomic E-state index is 0.398. The molecule has 5 heteroatoms. The summed E-state index contributed by atoms with van der Waals surface area (Å²) in [6.07, 6.45) is 4.34. The Labute approximate surface area is 117 Å². The molecule has 0 unspecified atom stereocenters. The van der Waals surface area contributed by atoms with Crippen molar-refractivity contribution in [3.05, 3.63) is 60.1 Å². The van der Waals surface area contributed by atoms with Gasteiger partial charge in [0.05, 0.1) is 6.26 Å².